The Hall–Kier alpha value is -3.52. The van der Waals surface area contributed by atoms with Gasteiger partial charge in [0.25, 0.3) is 11.7 Å². The lowest BCUT2D eigenvalue weighted by molar-refractivity contribution is -0.112. The maximum absolute atomic E-state index is 12.5. The molecular formula is C21H18N4O3S. The number of para-hydroxylation sites is 1. The summed E-state index contributed by atoms with van der Waals surface area (Å²) in [6, 6.07) is 13.2. The number of nitrogens with one attached hydrogen (secondary N) is 2. The lowest BCUT2D eigenvalue weighted by Crippen LogP contribution is -2.22. The fourth-order valence-electron chi connectivity index (χ4n) is 2.85. The van der Waals surface area contributed by atoms with Gasteiger partial charge in [0.15, 0.2) is 5.01 Å². The number of H-pyrrole nitrogens is 1. The van der Waals surface area contributed by atoms with E-state index >= 15 is 0 Å². The number of benzene rings is 2. The molecule has 0 aliphatic heterocycles. The molecule has 2 aromatic carbocycles. The van der Waals surface area contributed by atoms with Gasteiger partial charge in [-0.2, -0.15) is 0 Å². The van der Waals surface area contributed by atoms with Crippen molar-refractivity contribution in [2.45, 2.75) is 20.5 Å². The summed E-state index contributed by atoms with van der Waals surface area (Å²) in [5.41, 5.74) is 3.45. The van der Waals surface area contributed by atoms with Crippen molar-refractivity contribution in [1.29, 1.82) is 0 Å². The molecule has 8 heteroatoms. The van der Waals surface area contributed by atoms with Crippen LogP contribution >= 0.6 is 11.3 Å². The Morgan fingerprint density at radius 1 is 1.10 bits per heavy atom. The first-order valence-electron chi connectivity index (χ1n) is 8.95. The van der Waals surface area contributed by atoms with Crippen LogP contribution in [0, 0.1) is 13.8 Å². The molecule has 7 nitrogen and oxygen atoms in total. The molecule has 4 rings (SSSR count). The molecule has 29 heavy (non-hydrogen) atoms. The highest BCUT2D eigenvalue weighted by Crippen LogP contribution is 2.22. The third kappa shape index (κ3) is 4.02. The van der Waals surface area contributed by atoms with E-state index in [2.05, 4.69) is 20.5 Å². The lowest BCUT2D eigenvalue weighted by atomic mass is 10.1. The highest BCUT2D eigenvalue weighted by atomic mass is 32.1. The molecule has 0 saturated carbocycles. The summed E-state index contributed by atoms with van der Waals surface area (Å²) < 4.78 is 5.72. The number of hydrogen-bond acceptors (Lipinski definition) is 6. The highest BCUT2D eigenvalue weighted by molar-refractivity contribution is 7.15. The molecule has 0 aliphatic rings. The number of fused-ring (bicyclic) bond motifs is 1. The van der Waals surface area contributed by atoms with Crippen molar-refractivity contribution in [3.63, 3.8) is 0 Å². The Kier molecular flexibility index (Phi) is 5.09. The first-order valence-corrected chi connectivity index (χ1v) is 9.77. The van der Waals surface area contributed by atoms with Crippen molar-refractivity contribution in [2.75, 3.05) is 5.32 Å². The molecule has 0 saturated heterocycles. The van der Waals surface area contributed by atoms with Gasteiger partial charge in [-0.1, -0.05) is 35.6 Å². The van der Waals surface area contributed by atoms with Gasteiger partial charge in [0.2, 0.25) is 5.13 Å². The van der Waals surface area contributed by atoms with Crippen molar-refractivity contribution in [2.24, 2.45) is 0 Å². The van der Waals surface area contributed by atoms with Gasteiger partial charge in [0, 0.05) is 17.1 Å². The smallest absolute Gasteiger partial charge is 0.298 e. The van der Waals surface area contributed by atoms with E-state index in [4.69, 9.17) is 4.74 Å². The summed E-state index contributed by atoms with van der Waals surface area (Å²) in [5, 5.41) is 12.0. The fraction of sp³-hybridized carbons (Fsp3) is 0.143. The number of Topliss-reactive ketones (excluding diaryl/α,β-unsaturated/α-hetero) is 1. The van der Waals surface area contributed by atoms with Crippen LogP contribution in [0.1, 0.15) is 26.5 Å². The molecule has 2 heterocycles. The molecule has 1 amide bonds. The number of aromatic nitrogens is 3. The van der Waals surface area contributed by atoms with Gasteiger partial charge in [-0.3, -0.25) is 14.9 Å². The van der Waals surface area contributed by atoms with E-state index < -0.39 is 11.7 Å². The molecule has 146 valence electrons. The molecular weight excluding hydrogens is 388 g/mol. The van der Waals surface area contributed by atoms with E-state index in [1.54, 1.807) is 6.07 Å². The fourth-order valence-corrected chi connectivity index (χ4v) is 3.49. The van der Waals surface area contributed by atoms with Gasteiger partial charge < -0.3 is 9.72 Å². The van der Waals surface area contributed by atoms with Gasteiger partial charge in [-0.05, 0) is 43.2 Å². The predicted octanol–water partition coefficient (Wildman–Crippen LogP) is 4.04. The van der Waals surface area contributed by atoms with Crippen molar-refractivity contribution < 1.29 is 14.3 Å². The second-order valence-corrected chi connectivity index (χ2v) is 7.63. The summed E-state index contributed by atoms with van der Waals surface area (Å²) in [5.74, 6) is -0.651. The second kappa shape index (κ2) is 7.84. The predicted molar refractivity (Wildman–Crippen MR) is 111 cm³/mol. The number of ether oxygens (including phenoxy) is 1. The minimum absolute atomic E-state index is 0.229. The monoisotopic (exact) mass is 406 g/mol. The normalized spacial score (nSPS) is 10.8. The van der Waals surface area contributed by atoms with Crippen LogP contribution in [0.25, 0.3) is 10.9 Å². The van der Waals surface area contributed by atoms with Crippen LogP contribution in [0.2, 0.25) is 0 Å². The molecule has 0 spiro atoms. The number of carbonyl (C=O) groups excluding carboxylic acids is 2. The average Bonchev–Trinajstić information content (AvgIpc) is 3.35. The Morgan fingerprint density at radius 2 is 1.93 bits per heavy atom. The lowest BCUT2D eigenvalue weighted by Gasteiger charge is -2.06. The van der Waals surface area contributed by atoms with Crippen molar-refractivity contribution >= 4 is 39.1 Å². The SMILES string of the molecule is Cc1ccc(OCc2nnc(NC(=O)C(=O)c3c[nH]c4ccccc34)s2)cc1C. The standard InChI is InChI=1S/C21H18N4O3S/c1-12-7-8-14(9-13(12)2)28-11-18-24-25-21(29-18)23-20(27)19(26)16-10-22-17-6-4-3-5-15(16)17/h3-10,22H,11H2,1-2H3,(H,23,25,27). The number of hydrogen-bond donors (Lipinski definition) is 2. The maximum atomic E-state index is 12.5. The van der Waals surface area contributed by atoms with E-state index in [1.807, 2.05) is 50.2 Å². The van der Waals surface area contributed by atoms with E-state index in [0.717, 1.165) is 16.8 Å². The van der Waals surface area contributed by atoms with Gasteiger partial charge in [-0.15, -0.1) is 10.2 Å². The number of aromatic amines is 1. The number of rotatable bonds is 6. The number of anilines is 1. The average molecular weight is 406 g/mol. The summed E-state index contributed by atoms with van der Waals surface area (Å²) in [6.07, 6.45) is 1.54. The minimum atomic E-state index is -0.757. The van der Waals surface area contributed by atoms with Gasteiger partial charge >= 0.3 is 0 Å². The van der Waals surface area contributed by atoms with Crippen LogP contribution in [0.3, 0.4) is 0 Å². The molecule has 4 aromatic rings. The Morgan fingerprint density at radius 3 is 2.76 bits per heavy atom. The highest BCUT2D eigenvalue weighted by Gasteiger charge is 2.21. The summed E-state index contributed by atoms with van der Waals surface area (Å²) in [7, 11) is 0. The molecule has 2 N–H and O–H groups in total. The number of amides is 1. The van der Waals surface area contributed by atoms with Crippen LogP contribution in [0.4, 0.5) is 5.13 Å². The number of nitrogens with zero attached hydrogens (tertiary/aromatic N) is 2. The van der Waals surface area contributed by atoms with Crippen LogP contribution < -0.4 is 10.1 Å². The van der Waals surface area contributed by atoms with Gasteiger partial charge in [0.1, 0.15) is 12.4 Å². The molecule has 0 fully saturated rings. The van der Waals surface area contributed by atoms with Gasteiger partial charge in [-0.25, -0.2) is 0 Å². The van der Waals surface area contributed by atoms with E-state index in [-0.39, 0.29) is 11.7 Å². The molecule has 0 bridgehead atoms. The van der Waals surface area contributed by atoms with Crippen molar-refractivity contribution in [3.05, 3.63) is 70.4 Å². The zero-order valence-corrected chi connectivity index (χ0v) is 16.7. The third-order valence-corrected chi connectivity index (χ3v) is 5.38. The van der Waals surface area contributed by atoms with Crippen LogP contribution in [-0.4, -0.2) is 26.9 Å². The molecule has 0 unspecified atom stereocenters. The Balaban J connectivity index is 1.40. The minimum Gasteiger partial charge on any atom is -0.486 e. The first kappa shape index (κ1) is 18.8. The summed E-state index contributed by atoms with van der Waals surface area (Å²) in [4.78, 5) is 27.8. The van der Waals surface area contributed by atoms with E-state index in [9.17, 15) is 9.59 Å². The molecule has 0 atom stereocenters. The molecule has 0 radical (unpaired) electrons. The first-order chi connectivity index (χ1) is 14.0. The number of aryl methyl sites for hydroxylation is 2. The number of ketones is 1. The van der Waals surface area contributed by atoms with Crippen LogP contribution in [-0.2, 0) is 11.4 Å². The van der Waals surface area contributed by atoms with E-state index in [1.165, 1.54) is 23.1 Å². The van der Waals surface area contributed by atoms with Crippen LogP contribution in [0.5, 0.6) is 5.75 Å². The zero-order valence-electron chi connectivity index (χ0n) is 15.9. The third-order valence-electron chi connectivity index (χ3n) is 4.57. The van der Waals surface area contributed by atoms with Crippen molar-refractivity contribution in [3.8, 4) is 5.75 Å². The topological polar surface area (TPSA) is 97.0 Å². The molecule has 2 aromatic heterocycles. The van der Waals surface area contributed by atoms with Crippen molar-refractivity contribution in [1.82, 2.24) is 15.2 Å². The van der Waals surface area contributed by atoms with E-state index in [0.29, 0.717) is 16.0 Å². The summed E-state index contributed by atoms with van der Waals surface area (Å²) in [6.45, 7) is 4.29. The quantitative estimate of drug-likeness (QED) is 0.372. The molecule has 0 aliphatic carbocycles. The summed E-state index contributed by atoms with van der Waals surface area (Å²) >= 11 is 1.17. The maximum Gasteiger partial charge on any atom is 0.298 e. The zero-order chi connectivity index (χ0) is 20.4. The largest absolute Gasteiger partial charge is 0.486 e. The van der Waals surface area contributed by atoms with Gasteiger partial charge in [0.05, 0.1) is 5.56 Å². The Labute approximate surface area is 170 Å². The second-order valence-electron chi connectivity index (χ2n) is 6.57. The number of carbonyl (C=O) groups is 2. The van der Waals surface area contributed by atoms with Crippen LogP contribution in [0.15, 0.2) is 48.7 Å². The Bertz CT molecular complexity index is 1210.